The maximum atomic E-state index is 13.4. The lowest BCUT2D eigenvalue weighted by atomic mass is 10.1. The molecule has 1 unspecified atom stereocenters. The number of sulfonamides is 1. The van der Waals surface area contributed by atoms with Crippen molar-refractivity contribution in [1.82, 2.24) is 20.3 Å². The van der Waals surface area contributed by atoms with Crippen LogP contribution in [0, 0.1) is 5.41 Å². The van der Waals surface area contributed by atoms with E-state index < -0.39 is 28.0 Å². The molecule has 2 atom stereocenters. The topological polar surface area (TPSA) is 167 Å². The number of nitrogens with zero attached hydrogens (tertiary/aromatic N) is 1. The van der Waals surface area contributed by atoms with E-state index in [1.807, 2.05) is 6.92 Å². The lowest BCUT2D eigenvalue weighted by Crippen LogP contribution is -2.54. The summed E-state index contributed by atoms with van der Waals surface area (Å²) in [4.78, 5) is 30.6. The van der Waals surface area contributed by atoms with Gasteiger partial charge in [0.2, 0.25) is 21.8 Å². The van der Waals surface area contributed by atoms with Gasteiger partial charge in [-0.25, -0.2) is 18.1 Å². The summed E-state index contributed by atoms with van der Waals surface area (Å²) in [6, 6.07) is 13.6. The predicted octanol–water partition coefficient (Wildman–Crippen LogP) is 2.45. The maximum absolute atomic E-state index is 13.4. The van der Waals surface area contributed by atoms with Crippen molar-refractivity contribution in [3.8, 4) is 0 Å². The molecule has 1 heterocycles. The predicted molar refractivity (Wildman–Crippen MR) is 153 cm³/mol. The summed E-state index contributed by atoms with van der Waals surface area (Å²) in [5, 5.41) is 14.8. The minimum Gasteiger partial charge on any atom is -0.384 e. The second-order valence-corrected chi connectivity index (χ2v) is 11.6. The minimum absolute atomic E-state index is 0.0421. The highest BCUT2D eigenvalue weighted by Gasteiger charge is 2.29. The number of aromatic nitrogens is 1. The van der Waals surface area contributed by atoms with Gasteiger partial charge in [0.05, 0.1) is 17.0 Å². The van der Waals surface area contributed by atoms with Crippen molar-refractivity contribution < 1.29 is 18.0 Å². The standard InChI is InChI=1S/C27H34N6O4S2/c1-2-3-9-23(26(34)30-15-19-10-12-21(13-11-19)25(28)29)32-27(35)24(14-22-16-38-18-31-22)33-39(36,37)17-20-7-5-4-6-8-20/h4-8,10-13,16,18,23-24,33H,2-3,9,14-15,17H2,1H3,(H3,28,29)(H,30,34)(H,32,35)/t23?,24-/m1/s1. The molecule has 0 saturated heterocycles. The van der Waals surface area contributed by atoms with E-state index in [1.54, 1.807) is 65.5 Å². The number of rotatable bonds is 15. The highest BCUT2D eigenvalue weighted by atomic mass is 32.2. The molecule has 3 aromatic rings. The van der Waals surface area contributed by atoms with Gasteiger partial charge in [0.1, 0.15) is 17.9 Å². The molecule has 2 amide bonds. The fourth-order valence-electron chi connectivity index (χ4n) is 3.85. The van der Waals surface area contributed by atoms with Crippen LogP contribution in [0.2, 0.25) is 0 Å². The molecule has 12 heteroatoms. The van der Waals surface area contributed by atoms with Crippen molar-refractivity contribution in [3.05, 3.63) is 87.9 Å². The molecule has 39 heavy (non-hydrogen) atoms. The highest BCUT2D eigenvalue weighted by molar-refractivity contribution is 7.88. The van der Waals surface area contributed by atoms with Gasteiger partial charge in [-0.1, -0.05) is 74.4 Å². The third-order valence-corrected chi connectivity index (χ3v) is 7.94. The Bertz CT molecular complexity index is 1330. The van der Waals surface area contributed by atoms with Crippen LogP contribution in [-0.2, 0) is 38.3 Å². The molecule has 3 rings (SSSR count). The van der Waals surface area contributed by atoms with Gasteiger partial charge < -0.3 is 16.4 Å². The van der Waals surface area contributed by atoms with E-state index in [0.29, 0.717) is 29.7 Å². The smallest absolute Gasteiger partial charge is 0.242 e. The Morgan fingerprint density at radius 2 is 1.74 bits per heavy atom. The Hall–Kier alpha value is -3.61. The average Bonchev–Trinajstić information content (AvgIpc) is 3.42. The third-order valence-electron chi connectivity index (χ3n) is 5.95. The molecule has 0 radical (unpaired) electrons. The van der Waals surface area contributed by atoms with Gasteiger partial charge in [-0.05, 0) is 17.5 Å². The molecule has 2 aromatic carbocycles. The van der Waals surface area contributed by atoms with Gasteiger partial charge >= 0.3 is 0 Å². The lowest BCUT2D eigenvalue weighted by molar-refractivity contribution is -0.130. The number of nitrogens with one attached hydrogen (secondary N) is 4. The largest absolute Gasteiger partial charge is 0.384 e. The SMILES string of the molecule is CCCCC(NC(=O)[C@@H](Cc1cscn1)NS(=O)(=O)Cc1ccccc1)C(=O)NCc1ccc(C(=N)N)cc1. The number of hydrogen-bond donors (Lipinski definition) is 5. The monoisotopic (exact) mass is 570 g/mol. The van der Waals surface area contributed by atoms with Gasteiger partial charge in [0.25, 0.3) is 0 Å². The number of amidine groups is 1. The molecule has 208 valence electrons. The average molecular weight is 571 g/mol. The van der Waals surface area contributed by atoms with Crippen LogP contribution in [0.25, 0.3) is 0 Å². The first-order chi connectivity index (χ1) is 18.7. The van der Waals surface area contributed by atoms with Gasteiger partial charge in [-0.3, -0.25) is 15.0 Å². The molecule has 6 N–H and O–H groups in total. The Kier molecular flexibility index (Phi) is 11.1. The summed E-state index contributed by atoms with van der Waals surface area (Å²) in [6.45, 7) is 2.21. The number of carbonyl (C=O) groups excluding carboxylic acids is 2. The van der Waals surface area contributed by atoms with Crippen molar-refractivity contribution in [2.45, 2.75) is 57.0 Å². The number of hydrogen-bond acceptors (Lipinski definition) is 7. The van der Waals surface area contributed by atoms with E-state index in [9.17, 15) is 18.0 Å². The lowest BCUT2D eigenvalue weighted by Gasteiger charge is -2.23. The fraction of sp³-hybridized carbons (Fsp3) is 0.333. The Morgan fingerprint density at radius 1 is 1.03 bits per heavy atom. The molecule has 0 spiro atoms. The first-order valence-corrected chi connectivity index (χ1v) is 15.2. The molecule has 0 saturated carbocycles. The van der Waals surface area contributed by atoms with Crippen LogP contribution in [-0.4, -0.2) is 43.1 Å². The molecular weight excluding hydrogens is 536 g/mol. The van der Waals surface area contributed by atoms with Crippen LogP contribution in [0.1, 0.15) is 48.6 Å². The summed E-state index contributed by atoms with van der Waals surface area (Å²) in [6.07, 6.45) is 1.96. The van der Waals surface area contributed by atoms with Crippen LogP contribution < -0.4 is 21.1 Å². The first kappa shape index (κ1) is 29.9. The Morgan fingerprint density at radius 3 is 2.36 bits per heavy atom. The number of thiazole rings is 1. The summed E-state index contributed by atoms with van der Waals surface area (Å²) < 4.78 is 28.4. The van der Waals surface area contributed by atoms with E-state index >= 15 is 0 Å². The molecule has 0 fully saturated rings. The fourth-order valence-corrected chi connectivity index (χ4v) is 5.76. The Balaban J connectivity index is 1.70. The molecule has 0 aliphatic heterocycles. The third kappa shape index (κ3) is 9.89. The number of nitrogens with two attached hydrogens (primary N) is 1. The first-order valence-electron chi connectivity index (χ1n) is 12.6. The van der Waals surface area contributed by atoms with Crippen molar-refractivity contribution in [2.24, 2.45) is 5.73 Å². The molecule has 0 aliphatic rings. The van der Waals surface area contributed by atoms with E-state index in [4.69, 9.17) is 11.1 Å². The molecular formula is C27H34N6O4S2. The van der Waals surface area contributed by atoms with Gasteiger partial charge in [0, 0.05) is 23.9 Å². The van der Waals surface area contributed by atoms with Crippen molar-refractivity contribution >= 4 is 39.0 Å². The van der Waals surface area contributed by atoms with Crippen LogP contribution in [0.3, 0.4) is 0 Å². The van der Waals surface area contributed by atoms with Crippen LogP contribution in [0.15, 0.2) is 65.5 Å². The van der Waals surface area contributed by atoms with Crippen LogP contribution in [0.5, 0.6) is 0 Å². The van der Waals surface area contributed by atoms with Crippen molar-refractivity contribution in [1.29, 1.82) is 5.41 Å². The quantitative estimate of drug-likeness (QED) is 0.139. The van der Waals surface area contributed by atoms with Gasteiger partial charge in [-0.2, -0.15) is 0 Å². The van der Waals surface area contributed by atoms with E-state index in [2.05, 4.69) is 20.3 Å². The van der Waals surface area contributed by atoms with Gasteiger partial charge in [0.15, 0.2) is 0 Å². The van der Waals surface area contributed by atoms with Gasteiger partial charge in [-0.15, -0.1) is 11.3 Å². The number of carbonyl (C=O) groups is 2. The summed E-state index contributed by atoms with van der Waals surface area (Å²) >= 11 is 1.35. The second-order valence-electron chi connectivity index (χ2n) is 9.13. The Labute approximate surface area is 233 Å². The van der Waals surface area contributed by atoms with E-state index in [1.165, 1.54) is 11.3 Å². The summed E-state index contributed by atoms with van der Waals surface area (Å²) in [7, 11) is -3.87. The maximum Gasteiger partial charge on any atom is 0.242 e. The van der Waals surface area contributed by atoms with E-state index in [-0.39, 0.29) is 30.5 Å². The molecule has 0 aliphatic carbocycles. The number of amides is 2. The normalized spacial score (nSPS) is 12.8. The van der Waals surface area contributed by atoms with Crippen molar-refractivity contribution in [3.63, 3.8) is 0 Å². The number of unbranched alkanes of at least 4 members (excludes halogenated alkanes) is 1. The second kappa shape index (κ2) is 14.5. The van der Waals surface area contributed by atoms with E-state index in [0.717, 1.165) is 12.0 Å². The number of nitrogen functional groups attached to an aromatic ring is 1. The van der Waals surface area contributed by atoms with Crippen molar-refractivity contribution in [2.75, 3.05) is 0 Å². The zero-order valence-electron chi connectivity index (χ0n) is 21.7. The molecule has 10 nitrogen and oxygen atoms in total. The molecule has 1 aromatic heterocycles. The number of benzene rings is 2. The van der Waals surface area contributed by atoms with Crippen LogP contribution >= 0.6 is 11.3 Å². The highest BCUT2D eigenvalue weighted by Crippen LogP contribution is 2.11. The zero-order chi connectivity index (χ0) is 28.3. The minimum atomic E-state index is -3.87. The zero-order valence-corrected chi connectivity index (χ0v) is 23.4. The van der Waals surface area contributed by atoms with Crippen LogP contribution in [0.4, 0.5) is 0 Å². The molecule has 0 bridgehead atoms. The summed E-state index contributed by atoms with van der Waals surface area (Å²) in [5.41, 5.74) is 9.66. The summed E-state index contributed by atoms with van der Waals surface area (Å²) in [5.74, 6) is -1.29.